The number of benzene rings is 1. The monoisotopic (exact) mass is 340 g/mol. The van der Waals surface area contributed by atoms with E-state index in [-0.39, 0.29) is 5.75 Å². The van der Waals surface area contributed by atoms with Crippen LogP contribution in [0.2, 0.25) is 0 Å². The van der Waals surface area contributed by atoms with Crippen LogP contribution in [0.5, 0.6) is 5.75 Å². The van der Waals surface area contributed by atoms with Crippen LogP contribution in [0, 0.1) is 0 Å². The number of halogens is 3. The van der Waals surface area contributed by atoms with Crippen molar-refractivity contribution >= 4 is 0 Å². The summed E-state index contributed by atoms with van der Waals surface area (Å²) in [6.07, 6.45) is -0.837. The van der Waals surface area contributed by atoms with E-state index >= 15 is 0 Å². The standard InChI is InChI=1S/C17H19F3N2O2/c1-15(2,9-16(3,24)17(18,19)20)13-6-11(4-5-14(13)23)12-7-21-10-22-8-12/h4-8,10,23-24H,9H2,1-3H3. The lowest BCUT2D eigenvalue weighted by atomic mass is 9.74. The van der Waals surface area contributed by atoms with Crippen molar-refractivity contribution in [2.45, 2.75) is 44.4 Å². The third-order valence-corrected chi connectivity index (χ3v) is 4.02. The topological polar surface area (TPSA) is 66.2 Å². The maximum Gasteiger partial charge on any atom is 0.416 e. The van der Waals surface area contributed by atoms with Crippen molar-refractivity contribution in [1.29, 1.82) is 0 Å². The molecule has 4 nitrogen and oxygen atoms in total. The van der Waals surface area contributed by atoms with Gasteiger partial charge in [0.25, 0.3) is 0 Å². The Morgan fingerprint density at radius 2 is 1.58 bits per heavy atom. The molecule has 24 heavy (non-hydrogen) atoms. The second-order valence-electron chi connectivity index (χ2n) is 6.69. The molecule has 0 aliphatic carbocycles. The molecule has 0 bridgehead atoms. The summed E-state index contributed by atoms with van der Waals surface area (Å²) in [5, 5.41) is 19.9. The van der Waals surface area contributed by atoms with Crippen LogP contribution in [0.25, 0.3) is 11.1 Å². The van der Waals surface area contributed by atoms with Gasteiger partial charge in [0.15, 0.2) is 5.60 Å². The maximum absolute atomic E-state index is 13.0. The molecule has 2 aromatic rings. The van der Waals surface area contributed by atoms with Crippen LogP contribution in [-0.4, -0.2) is 32.0 Å². The minimum Gasteiger partial charge on any atom is -0.508 e. The summed E-state index contributed by atoms with van der Waals surface area (Å²) < 4.78 is 39.0. The van der Waals surface area contributed by atoms with E-state index in [0.29, 0.717) is 16.7 Å². The van der Waals surface area contributed by atoms with E-state index in [4.69, 9.17) is 0 Å². The van der Waals surface area contributed by atoms with Crippen molar-refractivity contribution in [3.8, 4) is 16.9 Å². The molecule has 1 heterocycles. The number of rotatable bonds is 4. The Morgan fingerprint density at radius 3 is 2.12 bits per heavy atom. The van der Waals surface area contributed by atoms with Gasteiger partial charge in [-0.15, -0.1) is 0 Å². The predicted molar refractivity (Wildman–Crippen MR) is 83.5 cm³/mol. The number of aromatic hydroxyl groups is 1. The summed E-state index contributed by atoms with van der Waals surface area (Å²) in [5.41, 5.74) is -2.32. The number of phenols is 1. The quantitative estimate of drug-likeness (QED) is 0.888. The second kappa shape index (κ2) is 6.05. The highest BCUT2D eigenvalue weighted by atomic mass is 19.4. The fraction of sp³-hybridized carbons (Fsp3) is 0.412. The van der Waals surface area contributed by atoms with E-state index in [1.54, 1.807) is 38.4 Å². The zero-order chi connectivity index (χ0) is 18.2. The number of hydrogen-bond acceptors (Lipinski definition) is 4. The van der Waals surface area contributed by atoms with E-state index in [0.717, 1.165) is 6.92 Å². The Morgan fingerprint density at radius 1 is 1.00 bits per heavy atom. The van der Waals surface area contributed by atoms with Gasteiger partial charge in [-0.25, -0.2) is 9.97 Å². The first-order valence-corrected chi connectivity index (χ1v) is 7.32. The highest BCUT2D eigenvalue weighted by molar-refractivity contribution is 5.64. The molecule has 2 rings (SSSR count). The van der Waals surface area contributed by atoms with Gasteiger partial charge in [0.05, 0.1) is 0 Å². The third-order valence-electron chi connectivity index (χ3n) is 4.02. The van der Waals surface area contributed by atoms with Gasteiger partial charge in [-0.2, -0.15) is 13.2 Å². The fourth-order valence-electron chi connectivity index (χ4n) is 2.76. The van der Waals surface area contributed by atoms with Crippen molar-refractivity contribution in [3.05, 3.63) is 42.5 Å². The number of aliphatic hydroxyl groups is 1. The normalized spacial score (nSPS) is 15.1. The lowest BCUT2D eigenvalue weighted by Gasteiger charge is -2.35. The summed E-state index contributed by atoms with van der Waals surface area (Å²) >= 11 is 0. The van der Waals surface area contributed by atoms with Crippen molar-refractivity contribution in [2.24, 2.45) is 0 Å². The Labute approximate surface area is 138 Å². The van der Waals surface area contributed by atoms with E-state index in [1.165, 1.54) is 12.4 Å². The summed E-state index contributed by atoms with van der Waals surface area (Å²) in [6.45, 7) is 3.84. The highest BCUT2D eigenvalue weighted by Gasteiger charge is 2.52. The van der Waals surface area contributed by atoms with Crippen LogP contribution >= 0.6 is 0 Å². The van der Waals surface area contributed by atoms with Crippen LogP contribution in [0.15, 0.2) is 36.9 Å². The van der Waals surface area contributed by atoms with Crippen molar-refractivity contribution in [2.75, 3.05) is 0 Å². The number of phenolic OH excluding ortho intramolecular Hbond substituents is 1. The average Bonchev–Trinajstić information content (AvgIpc) is 2.46. The van der Waals surface area contributed by atoms with Gasteiger partial charge >= 0.3 is 6.18 Å². The molecule has 0 radical (unpaired) electrons. The van der Waals surface area contributed by atoms with Gasteiger partial charge in [0.2, 0.25) is 0 Å². The summed E-state index contributed by atoms with van der Waals surface area (Å²) in [7, 11) is 0. The lowest BCUT2D eigenvalue weighted by Crippen LogP contribution is -2.46. The predicted octanol–water partition coefficient (Wildman–Crippen LogP) is 3.83. The molecule has 0 aliphatic rings. The van der Waals surface area contributed by atoms with Gasteiger partial charge in [0, 0.05) is 23.5 Å². The zero-order valence-corrected chi connectivity index (χ0v) is 13.6. The van der Waals surface area contributed by atoms with Crippen molar-refractivity contribution in [3.63, 3.8) is 0 Å². The van der Waals surface area contributed by atoms with Crippen LogP contribution in [0.1, 0.15) is 32.8 Å². The molecule has 1 unspecified atom stereocenters. The molecule has 0 saturated heterocycles. The molecule has 0 saturated carbocycles. The van der Waals surface area contributed by atoms with Crippen LogP contribution in [0.3, 0.4) is 0 Å². The number of alkyl halides is 3. The molecule has 1 atom stereocenters. The molecule has 0 aliphatic heterocycles. The third kappa shape index (κ3) is 3.67. The number of nitrogens with zero attached hydrogens (tertiary/aromatic N) is 2. The van der Waals surface area contributed by atoms with Gasteiger partial charge < -0.3 is 10.2 Å². The van der Waals surface area contributed by atoms with Crippen LogP contribution < -0.4 is 0 Å². The first-order chi connectivity index (χ1) is 10.9. The molecule has 0 spiro atoms. The van der Waals surface area contributed by atoms with Gasteiger partial charge in [0.1, 0.15) is 12.1 Å². The molecule has 0 fully saturated rings. The number of aromatic nitrogens is 2. The minimum atomic E-state index is -4.76. The molecule has 7 heteroatoms. The SMILES string of the molecule is CC(C)(CC(C)(O)C(F)(F)F)c1cc(-c2cncnc2)ccc1O. The summed E-state index contributed by atoms with van der Waals surface area (Å²) in [4.78, 5) is 7.81. The van der Waals surface area contributed by atoms with Gasteiger partial charge in [-0.3, -0.25) is 0 Å². The summed E-state index contributed by atoms with van der Waals surface area (Å²) in [6, 6.07) is 4.65. The molecule has 0 amide bonds. The molecule has 130 valence electrons. The van der Waals surface area contributed by atoms with E-state index < -0.39 is 23.6 Å². The Balaban J connectivity index is 2.43. The molecular formula is C17H19F3N2O2. The lowest BCUT2D eigenvalue weighted by molar-refractivity contribution is -0.259. The molecular weight excluding hydrogens is 321 g/mol. The Bertz CT molecular complexity index is 714. The van der Waals surface area contributed by atoms with Gasteiger partial charge in [-0.05, 0) is 36.5 Å². The first-order valence-electron chi connectivity index (χ1n) is 7.32. The Kier molecular flexibility index (Phi) is 4.59. The molecule has 2 N–H and O–H groups in total. The zero-order valence-electron chi connectivity index (χ0n) is 13.6. The van der Waals surface area contributed by atoms with E-state index in [2.05, 4.69) is 9.97 Å². The Hall–Kier alpha value is -2.15. The fourth-order valence-corrected chi connectivity index (χ4v) is 2.76. The van der Waals surface area contributed by atoms with Gasteiger partial charge in [-0.1, -0.05) is 19.9 Å². The molecule has 1 aromatic heterocycles. The minimum absolute atomic E-state index is 0.126. The molecule has 1 aromatic carbocycles. The largest absolute Gasteiger partial charge is 0.508 e. The van der Waals surface area contributed by atoms with E-state index in [9.17, 15) is 23.4 Å². The van der Waals surface area contributed by atoms with Crippen molar-refractivity contribution in [1.82, 2.24) is 9.97 Å². The van der Waals surface area contributed by atoms with Crippen LogP contribution in [-0.2, 0) is 5.41 Å². The van der Waals surface area contributed by atoms with Crippen molar-refractivity contribution < 1.29 is 23.4 Å². The van der Waals surface area contributed by atoms with Crippen LogP contribution in [0.4, 0.5) is 13.2 Å². The maximum atomic E-state index is 13.0. The smallest absolute Gasteiger partial charge is 0.416 e. The number of hydrogen-bond donors (Lipinski definition) is 2. The van der Waals surface area contributed by atoms with E-state index in [1.807, 2.05) is 0 Å². The highest BCUT2D eigenvalue weighted by Crippen LogP contribution is 2.43. The first kappa shape index (κ1) is 18.2. The summed E-state index contributed by atoms with van der Waals surface area (Å²) in [5.74, 6) is -0.126. The second-order valence-corrected chi connectivity index (χ2v) is 6.69. The average molecular weight is 340 g/mol.